The molecule has 2 N–H and O–H groups in total. The van der Waals surface area contributed by atoms with Crippen LogP contribution in [0.1, 0.15) is 30.9 Å². The molecule has 0 unspecified atom stereocenters. The highest BCUT2D eigenvalue weighted by molar-refractivity contribution is 5.79. The number of hydrogen-bond donors (Lipinski definition) is 1. The van der Waals surface area contributed by atoms with Crippen molar-refractivity contribution in [3.8, 4) is 0 Å². The minimum atomic E-state index is 0.184. The van der Waals surface area contributed by atoms with E-state index in [1.807, 2.05) is 36.1 Å². The Kier molecular flexibility index (Phi) is 6.44. The summed E-state index contributed by atoms with van der Waals surface area (Å²) in [6.45, 7) is 6.18. The third-order valence-corrected chi connectivity index (χ3v) is 3.14. The number of unbranched alkanes of at least 4 members (excludes halogenated alkanes) is 1. The second-order valence-corrected chi connectivity index (χ2v) is 4.63. The molecule has 0 saturated carbocycles. The molecular formula is C15H24N2O. The van der Waals surface area contributed by atoms with E-state index in [1.54, 1.807) is 0 Å². The van der Waals surface area contributed by atoms with Crippen LogP contribution in [0, 0.1) is 6.92 Å². The Bertz CT molecular complexity index is 377. The average Bonchev–Trinajstić information content (AvgIpc) is 2.37. The lowest BCUT2D eigenvalue weighted by molar-refractivity contribution is -0.130. The monoisotopic (exact) mass is 248 g/mol. The van der Waals surface area contributed by atoms with Gasteiger partial charge in [0.2, 0.25) is 5.91 Å². The molecule has 0 saturated heterocycles. The van der Waals surface area contributed by atoms with Gasteiger partial charge in [-0.3, -0.25) is 4.79 Å². The van der Waals surface area contributed by atoms with Crippen LogP contribution in [0.5, 0.6) is 0 Å². The summed E-state index contributed by atoms with van der Waals surface area (Å²) in [5.41, 5.74) is 7.86. The molecule has 0 spiro atoms. The molecule has 100 valence electrons. The normalized spacial score (nSPS) is 10.4. The molecule has 0 bridgehead atoms. The standard InChI is InChI=1S/C15H24N2O/c1-3-4-10-17(11-9-16)15(18)12-14-8-6-5-7-13(14)2/h5-8H,3-4,9-12,16H2,1-2H3. The van der Waals surface area contributed by atoms with Crippen molar-refractivity contribution in [3.05, 3.63) is 35.4 Å². The Morgan fingerprint density at radius 3 is 2.61 bits per heavy atom. The number of carbonyl (C=O) groups is 1. The number of nitrogens with two attached hydrogens (primary N) is 1. The van der Waals surface area contributed by atoms with Gasteiger partial charge in [-0.15, -0.1) is 0 Å². The van der Waals surface area contributed by atoms with E-state index < -0.39 is 0 Å². The molecule has 0 heterocycles. The zero-order valence-electron chi connectivity index (χ0n) is 11.5. The predicted octanol–water partition coefficient (Wildman–Crippen LogP) is 2.12. The topological polar surface area (TPSA) is 46.3 Å². The van der Waals surface area contributed by atoms with Crippen LogP contribution in [-0.4, -0.2) is 30.4 Å². The summed E-state index contributed by atoms with van der Waals surface area (Å²) >= 11 is 0. The molecule has 3 heteroatoms. The average molecular weight is 248 g/mol. The van der Waals surface area contributed by atoms with Gasteiger partial charge in [0, 0.05) is 19.6 Å². The SMILES string of the molecule is CCCCN(CCN)C(=O)Cc1ccccc1C. The Morgan fingerprint density at radius 2 is 2.00 bits per heavy atom. The fraction of sp³-hybridized carbons (Fsp3) is 0.533. The molecule has 1 amide bonds. The highest BCUT2D eigenvalue weighted by Gasteiger charge is 2.13. The summed E-state index contributed by atoms with van der Waals surface area (Å²) < 4.78 is 0. The van der Waals surface area contributed by atoms with Gasteiger partial charge < -0.3 is 10.6 Å². The number of hydrogen-bond acceptors (Lipinski definition) is 2. The minimum absolute atomic E-state index is 0.184. The fourth-order valence-electron chi connectivity index (χ4n) is 1.95. The zero-order valence-corrected chi connectivity index (χ0v) is 11.5. The highest BCUT2D eigenvalue weighted by Crippen LogP contribution is 2.09. The molecule has 1 aromatic carbocycles. The van der Waals surface area contributed by atoms with Crippen molar-refractivity contribution in [1.82, 2.24) is 4.90 Å². The van der Waals surface area contributed by atoms with Crippen molar-refractivity contribution < 1.29 is 4.79 Å². The second kappa shape index (κ2) is 7.88. The van der Waals surface area contributed by atoms with E-state index in [1.165, 1.54) is 5.56 Å². The first-order valence-corrected chi connectivity index (χ1v) is 6.71. The minimum Gasteiger partial charge on any atom is -0.341 e. The van der Waals surface area contributed by atoms with E-state index in [0.29, 0.717) is 19.5 Å². The molecule has 0 aromatic heterocycles. The maximum Gasteiger partial charge on any atom is 0.227 e. The summed E-state index contributed by atoms with van der Waals surface area (Å²) in [6, 6.07) is 8.04. The van der Waals surface area contributed by atoms with Crippen molar-refractivity contribution in [2.75, 3.05) is 19.6 Å². The number of aryl methyl sites for hydroxylation is 1. The molecule has 1 aromatic rings. The molecule has 0 aliphatic heterocycles. The van der Waals surface area contributed by atoms with E-state index in [-0.39, 0.29) is 5.91 Å². The van der Waals surface area contributed by atoms with Crippen molar-refractivity contribution in [3.63, 3.8) is 0 Å². The Labute approximate surface area is 110 Å². The lowest BCUT2D eigenvalue weighted by Crippen LogP contribution is -2.37. The summed E-state index contributed by atoms with van der Waals surface area (Å²) in [6.07, 6.45) is 2.62. The van der Waals surface area contributed by atoms with Crippen molar-refractivity contribution in [2.45, 2.75) is 33.1 Å². The van der Waals surface area contributed by atoms with E-state index >= 15 is 0 Å². The van der Waals surface area contributed by atoms with Crippen LogP contribution in [0.4, 0.5) is 0 Å². The maximum atomic E-state index is 12.2. The maximum absolute atomic E-state index is 12.2. The third-order valence-electron chi connectivity index (χ3n) is 3.14. The van der Waals surface area contributed by atoms with Gasteiger partial charge in [0.15, 0.2) is 0 Å². The number of carbonyl (C=O) groups excluding carboxylic acids is 1. The summed E-state index contributed by atoms with van der Waals surface area (Å²) in [7, 11) is 0. The second-order valence-electron chi connectivity index (χ2n) is 4.63. The van der Waals surface area contributed by atoms with Gasteiger partial charge in [-0.2, -0.15) is 0 Å². The Morgan fingerprint density at radius 1 is 1.28 bits per heavy atom. The predicted molar refractivity (Wildman–Crippen MR) is 75.4 cm³/mol. The Balaban J connectivity index is 2.63. The Hall–Kier alpha value is -1.35. The van der Waals surface area contributed by atoms with Crippen LogP contribution in [0.15, 0.2) is 24.3 Å². The lowest BCUT2D eigenvalue weighted by Gasteiger charge is -2.22. The molecule has 0 aliphatic rings. The van der Waals surface area contributed by atoms with Crippen LogP contribution < -0.4 is 5.73 Å². The van der Waals surface area contributed by atoms with Crippen LogP contribution in [0.25, 0.3) is 0 Å². The van der Waals surface area contributed by atoms with Gasteiger partial charge in [-0.25, -0.2) is 0 Å². The number of rotatable bonds is 7. The molecule has 0 atom stereocenters. The van der Waals surface area contributed by atoms with Crippen molar-refractivity contribution in [2.24, 2.45) is 5.73 Å². The van der Waals surface area contributed by atoms with Crippen LogP contribution in [-0.2, 0) is 11.2 Å². The van der Waals surface area contributed by atoms with Crippen LogP contribution >= 0.6 is 0 Å². The first-order valence-electron chi connectivity index (χ1n) is 6.71. The number of nitrogens with zero attached hydrogens (tertiary/aromatic N) is 1. The smallest absolute Gasteiger partial charge is 0.227 e. The van der Waals surface area contributed by atoms with E-state index in [0.717, 1.165) is 24.9 Å². The highest BCUT2D eigenvalue weighted by atomic mass is 16.2. The first-order chi connectivity index (χ1) is 8.69. The van der Waals surface area contributed by atoms with Gasteiger partial charge in [0.1, 0.15) is 0 Å². The molecular weight excluding hydrogens is 224 g/mol. The van der Waals surface area contributed by atoms with E-state index in [2.05, 4.69) is 6.92 Å². The largest absolute Gasteiger partial charge is 0.341 e. The number of amides is 1. The summed E-state index contributed by atoms with van der Waals surface area (Å²) in [5, 5.41) is 0. The summed E-state index contributed by atoms with van der Waals surface area (Å²) in [5.74, 6) is 0.184. The van der Waals surface area contributed by atoms with Gasteiger partial charge in [-0.05, 0) is 24.5 Å². The van der Waals surface area contributed by atoms with E-state index in [4.69, 9.17) is 5.73 Å². The van der Waals surface area contributed by atoms with Crippen LogP contribution in [0.2, 0.25) is 0 Å². The molecule has 18 heavy (non-hydrogen) atoms. The molecule has 0 radical (unpaired) electrons. The molecule has 0 aliphatic carbocycles. The van der Waals surface area contributed by atoms with Crippen molar-refractivity contribution in [1.29, 1.82) is 0 Å². The lowest BCUT2D eigenvalue weighted by atomic mass is 10.1. The third kappa shape index (κ3) is 4.49. The van der Waals surface area contributed by atoms with Crippen molar-refractivity contribution >= 4 is 5.91 Å². The molecule has 3 nitrogen and oxygen atoms in total. The van der Waals surface area contributed by atoms with E-state index in [9.17, 15) is 4.79 Å². The molecule has 1 rings (SSSR count). The van der Waals surface area contributed by atoms with Gasteiger partial charge in [0.05, 0.1) is 6.42 Å². The van der Waals surface area contributed by atoms with Gasteiger partial charge >= 0.3 is 0 Å². The van der Waals surface area contributed by atoms with Gasteiger partial charge in [-0.1, -0.05) is 37.6 Å². The van der Waals surface area contributed by atoms with Gasteiger partial charge in [0.25, 0.3) is 0 Å². The quantitative estimate of drug-likeness (QED) is 0.803. The molecule has 0 fully saturated rings. The number of benzene rings is 1. The fourth-order valence-corrected chi connectivity index (χ4v) is 1.95. The zero-order chi connectivity index (χ0) is 13.4. The first kappa shape index (κ1) is 14.7. The van der Waals surface area contributed by atoms with Crippen LogP contribution in [0.3, 0.4) is 0 Å². The summed E-state index contributed by atoms with van der Waals surface area (Å²) in [4.78, 5) is 14.1.